The Morgan fingerprint density at radius 1 is 1.27 bits per heavy atom. The Morgan fingerprint density at radius 2 is 1.91 bits per heavy atom. The summed E-state index contributed by atoms with van der Waals surface area (Å²) in [5.74, 6) is 2.04. The maximum atomic E-state index is 9.60. The van der Waals surface area contributed by atoms with E-state index in [1.54, 1.807) is 0 Å². The molecule has 1 nitrogen and oxygen atoms in total. The van der Waals surface area contributed by atoms with Crippen LogP contribution in [0.25, 0.3) is 0 Å². The van der Waals surface area contributed by atoms with E-state index >= 15 is 0 Å². The highest BCUT2D eigenvalue weighted by molar-refractivity contribution is 4.78. The van der Waals surface area contributed by atoms with Crippen molar-refractivity contribution in [2.45, 2.75) is 46.1 Å². The zero-order valence-electron chi connectivity index (χ0n) is 7.88. The van der Waals surface area contributed by atoms with Crippen LogP contribution in [0.3, 0.4) is 0 Å². The second kappa shape index (κ2) is 3.57. The molecule has 0 saturated heterocycles. The van der Waals surface area contributed by atoms with Crippen LogP contribution in [0.1, 0.15) is 40.0 Å². The van der Waals surface area contributed by atoms with E-state index in [-0.39, 0.29) is 6.10 Å². The van der Waals surface area contributed by atoms with Crippen LogP contribution >= 0.6 is 0 Å². The topological polar surface area (TPSA) is 20.2 Å². The molecule has 1 saturated carbocycles. The quantitative estimate of drug-likeness (QED) is 0.618. The van der Waals surface area contributed by atoms with Crippen molar-refractivity contribution in [1.29, 1.82) is 0 Å². The second-order valence-corrected chi connectivity index (χ2v) is 4.36. The summed E-state index contributed by atoms with van der Waals surface area (Å²) in [6, 6.07) is 0. The molecule has 0 heterocycles. The molecular formula is C10H20O. The molecular weight excluding hydrogens is 136 g/mol. The van der Waals surface area contributed by atoms with Crippen LogP contribution in [0.4, 0.5) is 0 Å². The summed E-state index contributed by atoms with van der Waals surface area (Å²) in [6.45, 7) is 6.67. The number of rotatable bonds is 1. The van der Waals surface area contributed by atoms with Gasteiger partial charge in [0, 0.05) is 0 Å². The maximum Gasteiger partial charge on any atom is 0.0568 e. The lowest BCUT2D eigenvalue weighted by atomic mass is 9.76. The third-order valence-corrected chi connectivity index (χ3v) is 3.14. The molecule has 0 aromatic rings. The summed E-state index contributed by atoms with van der Waals surface area (Å²) in [6.07, 6.45) is 3.52. The molecule has 11 heavy (non-hydrogen) atoms. The van der Waals surface area contributed by atoms with Crippen molar-refractivity contribution in [2.75, 3.05) is 0 Å². The molecule has 0 aliphatic heterocycles. The molecule has 1 heteroatoms. The average molecular weight is 156 g/mol. The lowest BCUT2D eigenvalue weighted by Gasteiger charge is -2.33. The molecule has 1 fully saturated rings. The Balaban J connectivity index is 2.40. The van der Waals surface area contributed by atoms with Crippen molar-refractivity contribution in [1.82, 2.24) is 0 Å². The largest absolute Gasteiger partial charge is 0.393 e. The van der Waals surface area contributed by atoms with Gasteiger partial charge in [0.15, 0.2) is 0 Å². The van der Waals surface area contributed by atoms with E-state index in [1.165, 1.54) is 12.8 Å². The number of hydrogen-bond donors (Lipinski definition) is 1. The summed E-state index contributed by atoms with van der Waals surface area (Å²) in [4.78, 5) is 0. The molecule has 0 aromatic carbocycles. The Hall–Kier alpha value is -0.0400. The molecule has 0 aromatic heterocycles. The van der Waals surface area contributed by atoms with Gasteiger partial charge in [-0.15, -0.1) is 0 Å². The molecule has 0 radical (unpaired) electrons. The molecule has 66 valence electrons. The van der Waals surface area contributed by atoms with Gasteiger partial charge in [-0.1, -0.05) is 20.8 Å². The summed E-state index contributed by atoms with van der Waals surface area (Å²) in [5.41, 5.74) is 0. The SMILES string of the molecule is CC1CC[C@@H](C(C)C)CC1O. The Morgan fingerprint density at radius 3 is 2.36 bits per heavy atom. The summed E-state index contributed by atoms with van der Waals surface area (Å²) in [5, 5.41) is 9.60. The fraction of sp³-hybridized carbons (Fsp3) is 1.00. The van der Waals surface area contributed by atoms with Crippen molar-refractivity contribution in [3.8, 4) is 0 Å². The van der Waals surface area contributed by atoms with Gasteiger partial charge in [0.25, 0.3) is 0 Å². The maximum absolute atomic E-state index is 9.60. The summed E-state index contributed by atoms with van der Waals surface area (Å²) in [7, 11) is 0. The summed E-state index contributed by atoms with van der Waals surface area (Å²) >= 11 is 0. The molecule has 0 spiro atoms. The van der Waals surface area contributed by atoms with Crippen molar-refractivity contribution in [2.24, 2.45) is 17.8 Å². The van der Waals surface area contributed by atoms with Crippen LogP contribution in [0.2, 0.25) is 0 Å². The number of aliphatic hydroxyl groups is 1. The van der Waals surface area contributed by atoms with Crippen molar-refractivity contribution < 1.29 is 5.11 Å². The van der Waals surface area contributed by atoms with Crippen molar-refractivity contribution in [3.63, 3.8) is 0 Å². The van der Waals surface area contributed by atoms with E-state index in [9.17, 15) is 5.11 Å². The molecule has 1 aliphatic rings. The number of aliphatic hydroxyl groups excluding tert-OH is 1. The van der Waals surface area contributed by atoms with E-state index in [2.05, 4.69) is 20.8 Å². The number of hydrogen-bond acceptors (Lipinski definition) is 1. The van der Waals surface area contributed by atoms with Gasteiger partial charge in [0.1, 0.15) is 0 Å². The van der Waals surface area contributed by atoms with Gasteiger partial charge in [0.05, 0.1) is 6.10 Å². The first-order valence-electron chi connectivity index (χ1n) is 4.79. The van der Waals surface area contributed by atoms with E-state index in [0.29, 0.717) is 5.92 Å². The minimum absolute atomic E-state index is 0.0313. The highest BCUT2D eigenvalue weighted by atomic mass is 16.3. The van der Waals surface area contributed by atoms with Gasteiger partial charge in [-0.2, -0.15) is 0 Å². The standard InChI is InChI=1S/C10H20O/c1-7(2)9-5-4-8(3)10(11)6-9/h7-11H,4-6H2,1-3H3/t8?,9-,10?/m1/s1. The monoisotopic (exact) mass is 156 g/mol. The van der Waals surface area contributed by atoms with Crippen LogP contribution < -0.4 is 0 Å². The van der Waals surface area contributed by atoms with Crippen LogP contribution in [0, 0.1) is 17.8 Å². The Bertz CT molecular complexity index is 120. The van der Waals surface area contributed by atoms with Crippen LogP contribution in [-0.4, -0.2) is 11.2 Å². The summed E-state index contributed by atoms with van der Waals surface area (Å²) < 4.78 is 0. The smallest absolute Gasteiger partial charge is 0.0568 e. The molecule has 1 aliphatic carbocycles. The van der Waals surface area contributed by atoms with E-state index in [0.717, 1.165) is 18.3 Å². The van der Waals surface area contributed by atoms with Crippen molar-refractivity contribution >= 4 is 0 Å². The normalized spacial score (nSPS) is 39.5. The fourth-order valence-corrected chi connectivity index (χ4v) is 1.94. The zero-order chi connectivity index (χ0) is 8.43. The first-order chi connectivity index (χ1) is 5.11. The molecule has 2 unspecified atom stereocenters. The predicted molar refractivity (Wildman–Crippen MR) is 47.3 cm³/mol. The highest BCUT2D eigenvalue weighted by Gasteiger charge is 2.27. The van der Waals surface area contributed by atoms with E-state index in [4.69, 9.17) is 0 Å². The van der Waals surface area contributed by atoms with Gasteiger partial charge < -0.3 is 5.11 Å². The molecule has 1 rings (SSSR count). The fourth-order valence-electron chi connectivity index (χ4n) is 1.94. The minimum Gasteiger partial charge on any atom is -0.393 e. The van der Waals surface area contributed by atoms with Crippen LogP contribution in [-0.2, 0) is 0 Å². The zero-order valence-corrected chi connectivity index (χ0v) is 7.88. The molecule has 3 atom stereocenters. The minimum atomic E-state index is -0.0313. The lowest BCUT2D eigenvalue weighted by molar-refractivity contribution is 0.0410. The predicted octanol–water partition coefficient (Wildman–Crippen LogP) is 2.44. The third kappa shape index (κ3) is 2.19. The lowest BCUT2D eigenvalue weighted by Crippen LogP contribution is -2.29. The molecule has 1 N–H and O–H groups in total. The average Bonchev–Trinajstić information content (AvgIpc) is 1.94. The van der Waals surface area contributed by atoms with Gasteiger partial charge in [-0.3, -0.25) is 0 Å². The van der Waals surface area contributed by atoms with Crippen molar-refractivity contribution in [3.05, 3.63) is 0 Å². The van der Waals surface area contributed by atoms with E-state index < -0.39 is 0 Å². The van der Waals surface area contributed by atoms with E-state index in [1.807, 2.05) is 0 Å². The Kier molecular flexibility index (Phi) is 2.94. The second-order valence-electron chi connectivity index (χ2n) is 4.36. The molecule has 0 amide bonds. The van der Waals surface area contributed by atoms with Gasteiger partial charge in [0.2, 0.25) is 0 Å². The van der Waals surface area contributed by atoms with Gasteiger partial charge in [-0.05, 0) is 37.0 Å². The van der Waals surface area contributed by atoms with Gasteiger partial charge >= 0.3 is 0 Å². The van der Waals surface area contributed by atoms with Gasteiger partial charge in [-0.25, -0.2) is 0 Å². The molecule has 0 bridgehead atoms. The highest BCUT2D eigenvalue weighted by Crippen LogP contribution is 2.32. The van der Waals surface area contributed by atoms with Crippen LogP contribution in [0.5, 0.6) is 0 Å². The first kappa shape index (κ1) is 9.05. The Labute approximate surface area is 69.8 Å². The first-order valence-corrected chi connectivity index (χ1v) is 4.79. The van der Waals surface area contributed by atoms with Crippen LogP contribution in [0.15, 0.2) is 0 Å². The third-order valence-electron chi connectivity index (χ3n) is 3.14.